The van der Waals surface area contributed by atoms with Gasteiger partial charge in [-0.2, -0.15) is 0 Å². The van der Waals surface area contributed by atoms with Gasteiger partial charge in [-0.15, -0.1) is 0 Å². The number of aromatic nitrogens is 1. The van der Waals surface area contributed by atoms with Gasteiger partial charge in [0.1, 0.15) is 17.8 Å². The Morgan fingerprint density at radius 2 is 2.03 bits per heavy atom. The second kappa shape index (κ2) is 8.99. The Morgan fingerprint density at radius 1 is 1.30 bits per heavy atom. The van der Waals surface area contributed by atoms with Gasteiger partial charge in [0.25, 0.3) is 11.8 Å². The molecule has 0 radical (unpaired) electrons. The van der Waals surface area contributed by atoms with E-state index in [1.165, 1.54) is 6.20 Å². The Labute approximate surface area is 179 Å². The van der Waals surface area contributed by atoms with Crippen molar-refractivity contribution in [1.82, 2.24) is 25.8 Å². The minimum absolute atomic E-state index is 0.0358. The summed E-state index contributed by atoms with van der Waals surface area (Å²) in [4.78, 5) is 54.1. The SMILES string of the molecule is CC1(C)NC(=O)N(CC(=O)NC2CCCCC2CNC(=O)c2ncccc2Cl)C1=O. The van der Waals surface area contributed by atoms with Crippen LogP contribution in [0.2, 0.25) is 5.02 Å². The quantitative estimate of drug-likeness (QED) is 0.584. The summed E-state index contributed by atoms with van der Waals surface area (Å²) in [6.07, 6.45) is 5.07. The van der Waals surface area contributed by atoms with E-state index < -0.39 is 23.4 Å². The van der Waals surface area contributed by atoms with Gasteiger partial charge in [-0.05, 0) is 44.7 Å². The predicted octanol–water partition coefficient (Wildman–Crippen LogP) is 1.47. The molecular formula is C20H26ClN5O4. The van der Waals surface area contributed by atoms with Crippen LogP contribution in [0.15, 0.2) is 18.3 Å². The highest BCUT2D eigenvalue weighted by molar-refractivity contribution is 6.33. The highest BCUT2D eigenvalue weighted by atomic mass is 35.5. The average molecular weight is 436 g/mol. The monoisotopic (exact) mass is 435 g/mol. The molecule has 0 spiro atoms. The standard InChI is InChI=1S/C20H26ClN5O4/c1-20(2)18(29)26(19(30)25-20)11-15(27)24-14-8-4-3-6-12(14)10-23-17(28)16-13(21)7-5-9-22-16/h5,7,9,12,14H,3-4,6,8,10-11H2,1-2H3,(H,23,28)(H,24,27)(H,25,30). The summed E-state index contributed by atoms with van der Waals surface area (Å²) in [5, 5.41) is 8.61. The summed E-state index contributed by atoms with van der Waals surface area (Å²) in [5.74, 6) is -1.15. The molecule has 1 aromatic heterocycles. The van der Waals surface area contributed by atoms with E-state index in [0.717, 1.165) is 30.6 Å². The summed E-state index contributed by atoms with van der Waals surface area (Å²) >= 11 is 6.02. The third-order valence-corrected chi connectivity index (χ3v) is 5.80. The van der Waals surface area contributed by atoms with Crippen molar-refractivity contribution in [2.75, 3.05) is 13.1 Å². The first-order valence-electron chi connectivity index (χ1n) is 10.0. The van der Waals surface area contributed by atoms with Gasteiger partial charge in [-0.1, -0.05) is 24.4 Å². The molecule has 1 aliphatic carbocycles. The largest absolute Gasteiger partial charge is 0.351 e. The van der Waals surface area contributed by atoms with Gasteiger partial charge in [0.15, 0.2) is 0 Å². The third kappa shape index (κ3) is 4.89. The topological polar surface area (TPSA) is 120 Å². The molecule has 0 bridgehead atoms. The molecule has 0 aromatic carbocycles. The second-order valence-corrected chi connectivity index (χ2v) is 8.62. The molecule has 9 nitrogen and oxygen atoms in total. The van der Waals surface area contributed by atoms with Crippen LogP contribution in [0.25, 0.3) is 0 Å². The van der Waals surface area contributed by atoms with Gasteiger partial charge in [0.05, 0.1) is 5.02 Å². The van der Waals surface area contributed by atoms with Crippen molar-refractivity contribution in [3.8, 4) is 0 Å². The second-order valence-electron chi connectivity index (χ2n) is 8.21. The number of halogens is 1. The molecule has 1 aromatic rings. The zero-order valence-electron chi connectivity index (χ0n) is 17.0. The highest BCUT2D eigenvalue weighted by Gasteiger charge is 2.45. The van der Waals surface area contributed by atoms with E-state index in [0.29, 0.717) is 6.54 Å². The van der Waals surface area contributed by atoms with Crippen LogP contribution in [0.3, 0.4) is 0 Å². The number of imide groups is 1. The van der Waals surface area contributed by atoms with E-state index in [1.807, 2.05) is 0 Å². The Morgan fingerprint density at radius 3 is 2.70 bits per heavy atom. The van der Waals surface area contributed by atoms with E-state index in [9.17, 15) is 19.2 Å². The maximum atomic E-state index is 12.5. The van der Waals surface area contributed by atoms with E-state index >= 15 is 0 Å². The van der Waals surface area contributed by atoms with Crippen LogP contribution in [0.4, 0.5) is 4.79 Å². The first-order valence-corrected chi connectivity index (χ1v) is 10.4. The number of rotatable bonds is 6. The molecule has 2 fully saturated rings. The van der Waals surface area contributed by atoms with Gasteiger partial charge >= 0.3 is 6.03 Å². The molecule has 2 unspecified atom stereocenters. The van der Waals surface area contributed by atoms with Crippen LogP contribution < -0.4 is 16.0 Å². The van der Waals surface area contributed by atoms with Crippen molar-refractivity contribution in [3.63, 3.8) is 0 Å². The molecule has 2 aliphatic rings. The lowest BCUT2D eigenvalue weighted by Gasteiger charge is -2.32. The lowest BCUT2D eigenvalue weighted by molar-refractivity contribution is -0.134. The maximum absolute atomic E-state index is 12.5. The molecule has 30 heavy (non-hydrogen) atoms. The van der Waals surface area contributed by atoms with E-state index in [1.54, 1.807) is 26.0 Å². The molecule has 1 aliphatic heterocycles. The molecule has 2 heterocycles. The zero-order valence-corrected chi connectivity index (χ0v) is 17.8. The molecule has 3 N–H and O–H groups in total. The number of carbonyl (C=O) groups is 4. The molecule has 1 saturated heterocycles. The third-order valence-electron chi connectivity index (χ3n) is 5.50. The minimum Gasteiger partial charge on any atom is -0.351 e. The Hall–Kier alpha value is -2.68. The number of urea groups is 1. The van der Waals surface area contributed by atoms with Crippen LogP contribution in [-0.4, -0.2) is 58.3 Å². The molecule has 2 atom stereocenters. The van der Waals surface area contributed by atoms with Crippen molar-refractivity contribution in [3.05, 3.63) is 29.0 Å². The van der Waals surface area contributed by atoms with E-state index in [2.05, 4.69) is 20.9 Å². The number of pyridine rings is 1. The maximum Gasteiger partial charge on any atom is 0.325 e. The summed E-state index contributed by atoms with van der Waals surface area (Å²) in [6.45, 7) is 3.23. The number of hydrogen-bond donors (Lipinski definition) is 3. The average Bonchev–Trinajstić information content (AvgIpc) is 2.89. The Balaban J connectivity index is 1.56. The van der Waals surface area contributed by atoms with Crippen molar-refractivity contribution >= 4 is 35.4 Å². The number of hydrogen-bond acceptors (Lipinski definition) is 5. The lowest BCUT2D eigenvalue weighted by atomic mass is 9.84. The van der Waals surface area contributed by atoms with E-state index in [-0.39, 0.29) is 35.1 Å². The minimum atomic E-state index is -1.01. The highest BCUT2D eigenvalue weighted by Crippen LogP contribution is 2.24. The van der Waals surface area contributed by atoms with Gasteiger partial charge in [0, 0.05) is 18.8 Å². The Kier molecular flexibility index (Phi) is 6.60. The number of amides is 5. The summed E-state index contributed by atoms with van der Waals surface area (Å²) in [6, 6.07) is 2.53. The van der Waals surface area contributed by atoms with Crippen molar-refractivity contribution < 1.29 is 19.2 Å². The van der Waals surface area contributed by atoms with Crippen LogP contribution >= 0.6 is 11.6 Å². The fourth-order valence-electron chi connectivity index (χ4n) is 3.86. The Bertz CT molecular complexity index is 859. The zero-order chi connectivity index (χ0) is 21.9. The first-order chi connectivity index (χ1) is 14.2. The van der Waals surface area contributed by atoms with Crippen LogP contribution in [0.5, 0.6) is 0 Å². The molecule has 1 saturated carbocycles. The van der Waals surface area contributed by atoms with Gasteiger partial charge in [-0.3, -0.25) is 19.3 Å². The smallest absolute Gasteiger partial charge is 0.325 e. The molecule has 3 rings (SSSR count). The molecule has 10 heteroatoms. The van der Waals surface area contributed by atoms with Crippen molar-refractivity contribution in [2.24, 2.45) is 5.92 Å². The number of carbonyl (C=O) groups excluding carboxylic acids is 4. The van der Waals surface area contributed by atoms with Gasteiger partial charge < -0.3 is 16.0 Å². The van der Waals surface area contributed by atoms with Crippen LogP contribution in [0, 0.1) is 5.92 Å². The fourth-order valence-corrected chi connectivity index (χ4v) is 4.07. The van der Waals surface area contributed by atoms with Crippen LogP contribution in [0.1, 0.15) is 50.0 Å². The normalized spacial score (nSPS) is 23.1. The number of nitrogens with zero attached hydrogens (tertiary/aromatic N) is 2. The van der Waals surface area contributed by atoms with Gasteiger partial charge in [0.2, 0.25) is 5.91 Å². The van der Waals surface area contributed by atoms with E-state index in [4.69, 9.17) is 11.6 Å². The summed E-state index contributed by atoms with van der Waals surface area (Å²) in [7, 11) is 0. The molecule has 5 amide bonds. The first kappa shape index (κ1) is 22.0. The number of nitrogens with one attached hydrogen (secondary N) is 3. The summed E-state index contributed by atoms with van der Waals surface area (Å²) < 4.78 is 0. The molecule has 162 valence electrons. The van der Waals surface area contributed by atoms with Crippen molar-refractivity contribution in [1.29, 1.82) is 0 Å². The van der Waals surface area contributed by atoms with Gasteiger partial charge in [-0.25, -0.2) is 9.78 Å². The van der Waals surface area contributed by atoms with Crippen molar-refractivity contribution in [2.45, 2.75) is 51.1 Å². The summed E-state index contributed by atoms with van der Waals surface area (Å²) in [5.41, 5.74) is -0.848. The van der Waals surface area contributed by atoms with Crippen LogP contribution in [-0.2, 0) is 9.59 Å². The predicted molar refractivity (Wildman–Crippen MR) is 110 cm³/mol. The molecular weight excluding hydrogens is 410 g/mol. The fraction of sp³-hybridized carbons (Fsp3) is 0.550. The lowest BCUT2D eigenvalue weighted by Crippen LogP contribution is -2.50.